The Morgan fingerprint density at radius 3 is 2.71 bits per heavy atom. The molecule has 0 spiro atoms. The number of hydrogen-bond donors (Lipinski definition) is 2. The standard InChI is InChI=1S/C16H25BrN2O2/c1-4-11(3)19-16(20)10-21-14-6-7-15(17)12(9-14)8-13(18)5-2/h6-7,9,11,13H,4-5,8,10,18H2,1-3H3,(H,19,20). The molecule has 1 rings (SSSR count). The average molecular weight is 357 g/mol. The highest BCUT2D eigenvalue weighted by molar-refractivity contribution is 9.10. The van der Waals surface area contributed by atoms with Crippen molar-refractivity contribution in [2.75, 3.05) is 6.61 Å². The number of hydrogen-bond acceptors (Lipinski definition) is 3. The minimum absolute atomic E-state index is 0.0330. The zero-order chi connectivity index (χ0) is 15.8. The van der Waals surface area contributed by atoms with Crippen molar-refractivity contribution in [3.05, 3.63) is 28.2 Å². The van der Waals surface area contributed by atoms with Crippen LogP contribution in [0.1, 0.15) is 39.2 Å². The van der Waals surface area contributed by atoms with Gasteiger partial charge in [0.05, 0.1) is 0 Å². The third kappa shape index (κ3) is 6.48. The first-order chi connectivity index (χ1) is 9.96. The maximum atomic E-state index is 11.7. The molecule has 21 heavy (non-hydrogen) atoms. The molecule has 118 valence electrons. The topological polar surface area (TPSA) is 64.3 Å². The van der Waals surface area contributed by atoms with E-state index in [0.29, 0.717) is 5.75 Å². The summed E-state index contributed by atoms with van der Waals surface area (Å²) in [6, 6.07) is 6.02. The fraction of sp³-hybridized carbons (Fsp3) is 0.562. The monoisotopic (exact) mass is 356 g/mol. The van der Waals surface area contributed by atoms with Gasteiger partial charge in [-0.05, 0) is 49.9 Å². The van der Waals surface area contributed by atoms with Crippen LogP contribution in [0.4, 0.5) is 0 Å². The van der Waals surface area contributed by atoms with Crippen molar-refractivity contribution in [2.24, 2.45) is 5.73 Å². The van der Waals surface area contributed by atoms with E-state index in [1.54, 1.807) is 0 Å². The lowest BCUT2D eigenvalue weighted by atomic mass is 10.0. The van der Waals surface area contributed by atoms with Crippen LogP contribution in [0.5, 0.6) is 5.75 Å². The average Bonchev–Trinajstić information content (AvgIpc) is 2.47. The van der Waals surface area contributed by atoms with E-state index >= 15 is 0 Å². The van der Waals surface area contributed by atoms with Gasteiger partial charge in [0.1, 0.15) is 5.75 Å². The normalized spacial score (nSPS) is 13.6. The van der Waals surface area contributed by atoms with Gasteiger partial charge in [0.25, 0.3) is 5.91 Å². The lowest BCUT2D eigenvalue weighted by Gasteiger charge is -2.14. The molecule has 0 saturated carbocycles. The molecular weight excluding hydrogens is 332 g/mol. The minimum atomic E-state index is -0.0981. The lowest BCUT2D eigenvalue weighted by Crippen LogP contribution is -2.35. The van der Waals surface area contributed by atoms with E-state index in [1.807, 2.05) is 32.0 Å². The first-order valence-corrected chi connectivity index (χ1v) is 8.21. The summed E-state index contributed by atoms with van der Waals surface area (Å²) >= 11 is 3.52. The van der Waals surface area contributed by atoms with Gasteiger partial charge in [0, 0.05) is 16.6 Å². The fourth-order valence-electron chi connectivity index (χ4n) is 1.79. The molecule has 3 N–H and O–H groups in total. The van der Waals surface area contributed by atoms with E-state index in [-0.39, 0.29) is 24.6 Å². The Labute approximate surface area is 135 Å². The van der Waals surface area contributed by atoms with E-state index < -0.39 is 0 Å². The molecule has 2 unspecified atom stereocenters. The summed E-state index contributed by atoms with van der Waals surface area (Å²) in [5.41, 5.74) is 7.09. The largest absolute Gasteiger partial charge is 0.484 e. The molecule has 0 aliphatic carbocycles. The number of ether oxygens (including phenoxy) is 1. The van der Waals surface area contributed by atoms with Crippen LogP contribution in [-0.2, 0) is 11.2 Å². The second kappa shape index (κ2) is 9.05. The van der Waals surface area contributed by atoms with Crippen LogP contribution in [-0.4, -0.2) is 24.6 Å². The first-order valence-electron chi connectivity index (χ1n) is 7.42. The molecule has 2 atom stereocenters. The van der Waals surface area contributed by atoms with Crippen LogP contribution in [0.3, 0.4) is 0 Å². The number of carbonyl (C=O) groups is 1. The van der Waals surface area contributed by atoms with Crippen LogP contribution in [0.25, 0.3) is 0 Å². The number of carbonyl (C=O) groups excluding carboxylic acids is 1. The van der Waals surface area contributed by atoms with Gasteiger partial charge < -0.3 is 15.8 Å². The molecule has 4 nitrogen and oxygen atoms in total. The predicted molar refractivity (Wildman–Crippen MR) is 89.5 cm³/mol. The van der Waals surface area contributed by atoms with Gasteiger partial charge in [-0.25, -0.2) is 0 Å². The Kier molecular flexibility index (Phi) is 7.75. The Morgan fingerprint density at radius 2 is 2.10 bits per heavy atom. The van der Waals surface area contributed by atoms with Crippen LogP contribution in [0, 0.1) is 0 Å². The number of nitrogens with one attached hydrogen (secondary N) is 1. The lowest BCUT2D eigenvalue weighted by molar-refractivity contribution is -0.123. The van der Waals surface area contributed by atoms with Gasteiger partial charge in [0.2, 0.25) is 0 Å². The molecule has 1 aromatic rings. The minimum Gasteiger partial charge on any atom is -0.484 e. The molecule has 1 amide bonds. The number of nitrogens with two attached hydrogens (primary N) is 1. The van der Waals surface area contributed by atoms with E-state index in [1.165, 1.54) is 0 Å². The van der Waals surface area contributed by atoms with E-state index in [0.717, 1.165) is 29.3 Å². The molecule has 0 radical (unpaired) electrons. The number of benzene rings is 1. The predicted octanol–water partition coefficient (Wildman–Crippen LogP) is 3.02. The molecule has 0 aliphatic heterocycles. The van der Waals surface area contributed by atoms with Gasteiger partial charge in [0.15, 0.2) is 6.61 Å². The second-order valence-electron chi connectivity index (χ2n) is 5.29. The molecular formula is C16H25BrN2O2. The van der Waals surface area contributed by atoms with Crippen LogP contribution >= 0.6 is 15.9 Å². The summed E-state index contributed by atoms with van der Waals surface area (Å²) in [5, 5.41) is 2.87. The maximum Gasteiger partial charge on any atom is 0.258 e. The smallest absolute Gasteiger partial charge is 0.258 e. The third-order valence-electron chi connectivity index (χ3n) is 3.41. The van der Waals surface area contributed by atoms with Crippen molar-refractivity contribution in [3.8, 4) is 5.75 Å². The summed E-state index contributed by atoms with van der Waals surface area (Å²) in [5.74, 6) is 0.592. The van der Waals surface area contributed by atoms with Crippen molar-refractivity contribution in [2.45, 2.75) is 52.1 Å². The van der Waals surface area contributed by atoms with E-state index in [9.17, 15) is 4.79 Å². The molecule has 0 bridgehead atoms. The maximum absolute atomic E-state index is 11.7. The molecule has 0 saturated heterocycles. The van der Waals surface area contributed by atoms with Crippen LogP contribution < -0.4 is 15.8 Å². The Bertz CT molecular complexity index is 466. The molecule has 5 heteroatoms. The van der Waals surface area contributed by atoms with E-state index in [2.05, 4.69) is 28.2 Å². The zero-order valence-corrected chi connectivity index (χ0v) is 14.6. The SMILES string of the molecule is CCC(N)Cc1cc(OCC(=O)NC(C)CC)ccc1Br. The Balaban J connectivity index is 2.59. The molecule has 0 fully saturated rings. The highest BCUT2D eigenvalue weighted by atomic mass is 79.9. The zero-order valence-electron chi connectivity index (χ0n) is 13.0. The fourth-order valence-corrected chi connectivity index (χ4v) is 2.20. The van der Waals surface area contributed by atoms with Crippen LogP contribution in [0.15, 0.2) is 22.7 Å². The molecule has 0 heterocycles. The number of rotatable bonds is 8. The Hall–Kier alpha value is -1.07. The van der Waals surface area contributed by atoms with Crippen molar-refractivity contribution < 1.29 is 9.53 Å². The summed E-state index contributed by atoms with van der Waals surface area (Å²) in [6.45, 7) is 6.11. The van der Waals surface area contributed by atoms with Crippen molar-refractivity contribution in [1.82, 2.24) is 5.32 Å². The van der Waals surface area contributed by atoms with E-state index in [4.69, 9.17) is 10.5 Å². The quantitative estimate of drug-likeness (QED) is 0.752. The van der Waals surface area contributed by atoms with Gasteiger partial charge >= 0.3 is 0 Å². The van der Waals surface area contributed by atoms with Gasteiger partial charge in [-0.1, -0.05) is 29.8 Å². The molecule has 0 aliphatic rings. The van der Waals surface area contributed by atoms with Crippen molar-refractivity contribution >= 4 is 21.8 Å². The first kappa shape index (κ1) is 18.0. The van der Waals surface area contributed by atoms with Gasteiger partial charge in [-0.15, -0.1) is 0 Å². The van der Waals surface area contributed by atoms with Crippen molar-refractivity contribution in [1.29, 1.82) is 0 Å². The van der Waals surface area contributed by atoms with Gasteiger partial charge in [-0.3, -0.25) is 4.79 Å². The summed E-state index contributed by atoms with van der Waals surface area (Å²) < 4.78 is 6.57. The summed E-state index contributed by atoms with van der Waals surface area (Å²) in [7, 11) is 0. The summed E-state index contributed by atoms with van der Waals surface area (Å²) in [4.78, 5) is 11.7. The van der Waals surface area contributed by atoms with Gasteiger partial charge in [-0.2, -0.15) is 0 Å². The summed E-state index contributed by atoms with van der Waals surface area (Å²) in [6.07, 6.45) is 2.62. The van der Waals surface area contributed by atoms with Crippen LogP contribution in [0.2, 0.25) is 0 Å². The highest BCUT2D eigenvalue weighted by Gasteiger charge is 2.09. The molecule has 0 aromatic heterocycles. The highest BCUT2D eigenvalue weighted by Crippen LogP contribution is 2.24. The third-order valence-corrected chi connectivity index (χ3v) is 4.19. The Morgan fingerprint density at radius 1 is 1.38 bits per heavy atom. The number of amides is 1. The second-order valence-corrected chi connectivity index (χ2v) is 6.15. The van der Waals surface area contributed by atoms with Crippen molar-refractivity contribution in [3.63, 3.8) is 0 Å². The number of halogens is 1. The molecule has 1 aromatic carbocycles.